The molecule has 0 spiro atoms. The van der Waals surface area contributed by atoms with E-state index in [1.54, 1.807) is 0 Å². The monoisotopic (exact) mass is 392 g/mol. The van der Waals surface area contributed by atoms with E-state index in [9.17, 15) is 4.79 Å². The third-order valence-electron chi connectivity index (χ3n) is 6.45. The van der Waals surface area contributed by atoms with E-state index >= 15 is 0 Å². The van der Waals surface area contributed by atoms with Crippen LogP contribution in [0.4, 0.5) is 5.13 Å². The van der Waals surface area contributed by atoms with Crippen LogP contribution in [-0.4, -0.2) is 47.1 Å². The van der Waals surface area contributed by atoms with Gasteiger partial charge in [0.1, 0.15) is 0 Å². The van der Waals surface area contributed by atoms with Gasteiger partial charge in [0.2, 0.25) is 5.91 Å². The normalized spacial score (nSPS) is 37.1. The molecule has 0 radical (unpaired) electrons. The SMILES string of the molecule is CC1CN(Cc2csc(NC(=O)C3CC4CCCC(C3)C4N)n2)CC(C)O1. The summed E-state index contributed by atoms with van der Waals surface area (Å²) >= 11 is 1.53. The van der Waals surface area contributed by atoms with E-state index in [-0.39, 0.29) is 24.0 Å². The van der Waals surface area contributed by atoms with Gasteiger partial charge >= 0.3 is 0 Å². The summed E-state index contributed by atoms with van der Waals surface area (Å²) in [5.74, 6) is 1.26. The Morgan fingerprint density at radius 3 is 2.63 bits per heavy atom. The first-order valence-electron chi connectivity index (χ1n) is 10.4. The summed E-state index contributed by atoms with van der Waals surface area (Å²) in [5, 5.41) is 5.86. The Bertz CT molecular complexity index is 642. The van der Waals surface area contributed by atoms with Gasteiger partial charge in [0.15, 0.2) is 5.13 Å². The Balaban J connectivity index is 1.32. The average molecular weight is 393 g/mol. The maximum atomic E-state index is 12.8. The molecule has 7 heteroatoms. The number of thiazole rings is 1. The summed E-state index contributed by atoms with van der Waals surface area (Å²) in [7, 11) is 0. The molecule has 0 aromatic carbocycles. The number of hydrogen-bond acceptors (Lipinski definition) is 6. The van der Waals surface area contributed by atoms with Gasteiger partial charge in [0, 0.05) is 37.0 Å². The fraction of sp³-hybridized carbons (Fsp3) is 0.800. The van der Waals surface area contributed by atoms with Crippen molar-refractivity contribution in [2.75, 3.05) is 18.4 Å². The van der Waals surface area contributed by atoms with E-state index in [1.807, 2.05) is 0 Å². The molecule has 27 heavy (non-hydrogen) atoms. The highest BCUT2D eigenvalue weighted by molar-refractivity contribution is 7.13. The van der Waals surface area contributed by atoms with E-state index in [1.165, 1.54) is 30.6 Å². The molecule has 150 valence electrons. The molecule has 2 saturated carbocycles. The Labute approximate surface area is 165 Å². The maximum absolute atomic E-state index is 12.8. The molecule has 3 aliphatic rings. The molecule has 6 nitrogen and oxygen atoms in total. The number of ether oxygens (including phenoxy) is 1. The third-order valence-corrected chi connectivity index (χ3v) is 7.25. The van der Waals surface area contributed by atoms with Crippen molar-refractivity contribution in [2.24, 2.45) is 23.5 Å². The zero-order valence-electron chi connectivity index (χ0n) is 16.4. The molecule has 4 rings (SSSR count). The fourth-order valence-corrected chi connectivity index (χ4v) is 5.99. The molecular formula is C20H32N4O2S. The highest BCUT2D eigenvalue weighted by atomic mass is 32.1. The zero-order valence-corrected chi connectivity index (χ0v) is 17.2. The van der Waals surface area contributed by atoms with Crippen LogP contribution >= 0.6 is 11.3 Å². The van der Waals surface area contributed by atoms with Gasteiger partial charge in [-0.1, -0.05) is 6.42 Å². The summed E-state index contributed by atoms with van der Waals surface area (Å²) in [4.78, 5) is 19.8. The van der Waals surface area contributed by atoms with Crippen molar-refractivity contribution in [1.29, 1.82) is 0 Å². The maximum Gasteiger partial charge on any atom is 0.229 e. The first-order chi connectivity index (χ1) is 13.0. The molecular weight excluding hydrogens is 360 g/mol. The number of rotatable bonds is 4. The van der Waals surface area contributed by atoms with Crippen molar-refractivity contribution in [3.05, 3.63) is 11.1 Å². The van der Waals surface area contributed by atoms with Crippen molar-refractivity contribution in [1.82, 2.24) is 9.88 Å². The number of nitrogens with zero attached hydrogens (tertiary/aromatic N) is 2. The second kappa shape index (κ2) is 8.15. The summed E-state index contributed by atoms with van der Waals surface area (Å²) in [6.45, 7) is 6.89. The lowest BCUT2D eigenvalue weighted by molar-refractivity contribution is -0.122. The quantitative estimate of drug-likeness (QED) is 0.824. The van der Waals surface area contributed by atoms with Gasteiger partial charge in [-0.25, -0.2) is 4.98 Å². The second-order valence-corrected chi connectivity index (χ2v) is 9.64. The highest BCUT2D eigenvalue weighted by Crippen LogP contribution is 2.42. The predicted molar refractivity (Wildman–Crippen MR) is 108 cm³/mol. The number of fused-ring (bicyclic) bond motifs is 2. The van der Waals surface area contributed by atoms with Gasteiger partial charge < -0.3 is 15.8 Å². The fourth-order valence-electron chi connectivity index (χ4n) is 5.29. The molecule has 3 N–H and O–H groups in total. The van der Waals surface area contributed by atoms with Crippen LogP contribution in [0.3, 0.4) is 0 Å². The number of amides is 1. The lowest BCUT2D eigenvalue weighted by Crippen LogP contribution is -2.48. The molecule has 2 aliphatic carbocycles. The van der Waals surface area contributed by atoms with E-state index in [0.29, 0.717) is 17.9 Å². The largest absolute Gasteiger partial charge is 0.373 e. The van der Waals surface area contributed by atoms with Gasteiger partial charge in [-0.2, -0.15) is 0 Å². The second-order valence-electron chi connectivity index (χ2n) is 8.78. The smallest absolute Gasteiger partial charge is 0.229 e. The van der Waals surface area contributed by atoms with Crippen LogP contribution in [0, 0.1) is 17.8 Å². The van der Waals surface area contributed by atoms with Crippen molar-refractivity contribution < 1.29 is 9.53 Å². The van der Waals surface area contributed by atoms with Crippen molar-refractivity contribution in [2.45, 2.75) is 70.7 Å². The first kappa shape index (κ1) is 19.3. The minimum Gasteiger partial charge on any atom is -0.373 e. The number of hydrogen-bond donors (Lipinski definition) is 2. The Morgan fingerprint density at radius 1 is 1.30 bits per heavy atom. The number of nitrogens with one attached hydrogen (secondary N) is 1. The lowest BCUT2D eigenvalue weighted by Gasteiger charge is -2.43. The van der Waals surface area contributed by atoms with Gasteiger partial charge in [-0.3, -0.25) is 9.69 Å². The molecule has 1 saturated heterocycles. The number of carbonyl (C=O) groups excluding carboxylic acids is 1. The summed E-state index contributed by atoms with van der Waals surface area (Å²) in [5.41, 5.74) is 7.38. The van der Waals surface area contributed by atoms with E-state index in [4.69, 9.17) is 10.5 Å². The number of anilines is 1. The number of nitrogens with two attached hydrogens (primary N) is 1. The van der Waals surface area contributed by atoms with Gasteiger partial charge in [0.05, 0.1) is 17.9 Å². The van der Waals surface area contributed by atoms with Crippen LogP contribution < -0.4 is 11.1 Å². The third kappa shape index (κ3) is 4.53. The summed E-state index contributed by atoms with van der Waals surface area (Å²) in [6.07, 6.45) is 6.01. The molecule has 1 aromatic rings. The Morgan fingerprint density at radius 2 is 1.96 bits per heavy atom. The van der Waals surface area contributed by atoms with Crippen molar-refractivity contribution >= 4 is 22.4 Å². The Hall–Kier alpha value is -1.02. The van der Waals surface area contributed by atoms with Crippen molar-refractivity contribution in [3.8, 4) is 0 Å². The Kier molecular flexibility index (Phi) is 5.83. The van der Waals surface area contributed by atoms with E-state index < -0.39 is 0 Å². The van der Waals surface area contributed by atoms with Crippen molar-refractivity contribution in [3.63, 3.8) is 0 Å². The molecule has 2 bridgehead atoms. The lowest BCUT2D eigenvalue weighted by atomic mass is 9.65. The number of morpholine rings is 1. The van der Waals surface area contributed by atoms with Gasteiger partial charge in [-0.05, 0) is 51.4 Å². The minimum absolute atomic E-state index is 0.0911. The van der Waals surface area contributed by atoms with Crippen LogP contribution in [0.15, 0.2) is 5.38 Å². The molecule has 2 heterocycles. The molecule has 4 atom stereocenters. The van der Waals surface area contributed by atoms with Crippen LogP contribution in [0.1, 0.15) is 51.6 Å². The van der Waals surface area contributed by atoms with Crippen LogP contribution in [0.5, 0.6) is 0 Å². The van der Waals surface area contributed by atoms with Gasteiger partial charge in [0.25, 0.3) is 0 Å². The van der Waals surface area contributed by atoms with E-state index in [2.05, 4.69) is 34.4 Å². The van der Waals surface area contributed by atoms with Crippen LogP contribution in [-0.2, 0) is 16.1 Å². The van der Waals surface area contributed by atoms with Gasteiger partial charge in [-0.15, -0.1) is 11.3 Å². The predicted octanol–water partition coefficient (Wildman–Crippen LogP) is 2.84. The molecule has 1 aromatic heterocycles. The molecule has 3 fully saturated rings. The summed E-state index contributed by atoms with van der Waals surface area (Å²) in [6, 6.07) is 0.299. The van der Waals surface area contributed by atoms with Crippen LogP contribution in [0.25, 0.3) is 0 Å². The minimum atomic E-state index is 0.0911. The molecule has 1 amide bonds. The highest BCUT2D eigenvalue weighted by Gasteiger charge is 2.40. The topological polar surface area (TPSA) is 80.5 Å². The van der Waals surface area contributed by atoms with Crippen LogP contribution in [0.2, 0.25) is 0 Å². The molecule has 1 aliphatic heterocycles. The first-order valence-corrected chi connectivity index (χ1v) is 11.2. The number of carbonyl (C=O) groups is 1. The molecule has 4 unspecified atom stereocenters. The standard InChI is InChI=1S/C20H32N4O2S/c1-12-8-24(9-13(2)26-12)10-17-11-27-20(22-17)23-19(25)16-6-14-4-3-5-15(7-16)18(14)21/h11-16,18H,3-10,21H2,1-2H3,(H,22,23,25). The zero-order chi connectivity index (χ0) is 19.0. The summed E-state index contributed by atoms with van der Waals surface area (Å²) < 4.78 is 5.79. The van der Waals surface area contributed by atoms with E-state index in [0.717, 1.165) is 43.3 Å². The average Bonchev–Trinajstić information content (AvgIpc) is 3.00. The number of aromatic nitrogens is 1.